The Balaban J connectivity index is 1.41. The molecule has 212 valence electrons. The van der Waals surface area contributed by atoms with Gasteiger partial charge in [-0.05, 0) is 91.0 Å². The molecule has 6 aromatic carbocycles. The van der Waals surface area contributed by atoms with Crippen molar-refractivity contribution in [1.29, 1.82) is 0 Å². The molecule has 1 aliphatic rings. The van der Waals surface area contributed by atoms with Gasteiger partial charge >= 0.3 is 0 Å². The number of aromatic nitrogens is 1. The second kappa shape index (κ2) is 11.1. The van der Waals surface area contributed by atoms with Gasteiger partial charge in [0.2, 0.25) is 0 Å². The van der Waals surface area contributed by atoms with Crippen LogP contribution in [0.1, 0.15) is 30.9 Å². The number of benzene rings is 6. The van der Waals surface area contributed by atoms with E-state index < -0.39 is 0 Å². The van der Waals surface area contributed by atoms with Crippen LogP contribution in [0.4, 0.5) is 0 Å². The molecule has 1 N–H and O–H groups in total. The van der Waals surface area contributed by atoms with Crippen LogP contribution < -0.4 is 5.32 Å². The molecule has 2 nitrogen and oxygen atoms in total. The fourth-order valence-corrected chi connectivity index (χ4v) is 7.10. The summed E-state index contributed by atoms with van der Waals surface area (Å²) >= 11 is 0. The highest BCUT2D eigenvalue weighted by atomic mass is 14.8. The number of hydrogen-bond acceptors (Lipinski definition) is 2. The monoisotopic (exact) mass is 566 g/mol. The van der Waals surface area contributed by atoms with Gasteiger partial charge in [0.05, 0.1) is 5.69 Å². The maximum absolute atomic E-state index is 4.97. The lowest BCUT2D eigenvalue weighted by Crippen LogP contribution is -2.13. The van der Waals surface area contributed by atoms with Gasteiger partial charge in [-0.3, -0.25) is 4.98 Å². The quantitative estimate of drug-likeness (QED) is 0.210. The van der Waals surface area contributed by atoms with Gasteiger partial charge in [0.25, 0.3) is 0 Å². The highest BCUT2D eigenvalue weighted by Gasteiger charge is 2.20. The number of hydrogen-bond donors (Lipinski definition) is 1. The van der Waals surface area contributed by atoms with Gasteiger partial charge in [-0.25, -0.2) is 0 Å². The molecule has 2 heterocycles. The maximum Gasteiger partial charge on any atom is 0.0783 e. The Hall–Kier alpha value is -5.21. The highest BCUT2D eigenvalue weighted by molar-refractivity contribution is 6.24. The number of pyridine rings is 1. The van der Waals surface area contributed by atoms with E-state index in [4.69, 9.17) is 4.98 Å². The summed E-state index contributed by atoms with van der Waals surface area (Å²) in [5, 5.41) is 11.0. The van der Waals surface area contributed by atoms with Crippen molar-refractivity contribution in [3.63, 3.8) is 0 Å². The molecule has 44 heavy (non-hydrogen) atoms. The fraction of sp³-hybridized carbons (Fsp3) is 0.119. The third-order valence-electron chi connectivity index (χ3n) is 9.23. The summed E-state index contributed by atoms with van der Waals surface area (Å²) in [4.78, 5) is 4.97. The predicted octanol–water partition coefficient (Wildman–Crippen LogP) is 10.8. The van der Waals surface area contributed by atoms with E-state index in [-0.39, 0.29) is 0 Å². The minimum Gasteiger partial charge on any atom is -0.391 e. The zero-order valence-corrected chi connectivity index (χ0v) is 25.0. The van der Waals surface area contributed by atoms with Crippen LogP contribution in [-0.2, 0) is 6.42 Å². The van der Waals surface area contributed by atoms with Crippen LogP contribution in [0.5, 0.6) is 0 Å². The largest absolute Gasteiger partial charge is 0.391 e. The van der Waals surface area contributed by atoms with Crippen LogP contribution in [0, 0.1) is 0 Å². The molecular weight excluding hydrogens is 532 g/mol. The summed E-state index contributed by atoms with van der Waals surface area (Å²) in [6, 6.07) is 44.7. The molecule has 0 aliphatic carbocycles. The lowest BCUT2D eigenvalue weighted by atomic mass is 9.83. The van der Waals surface area contributed by atoms with Crippen molar-refractivity contribution >= 4 is 37.9 Å². The molecule has 0 saturated carbocycles. The SMILES string of the molecule is CCc1ccc(-c2c3ccccc3c(-c3ccc(-c4ncccc4C4=CNCCC4)c4ccccc34)c3ccccc23)cc1. The van der Waals surface area contributed by atoms with Crippen LogP contribution in [0.25, 0.3) is 71.4 Å². The summed E-state index contributed by atoms with van der Waals surface area (Å²) in [5.74, 6) is 0. The van der Waals surface area contributed by atoms with E-state index in [1.165, 1.54) is 76.8 Å². The van der Waals surface area contributed by atoms with E-state index in [1.807, 2.05) is 6.20 Å². The van der Waals surface area contributed by atoms with Crippen molar-refractivity contribution in [2.24, 2.45) is 0 Å². The van der Waals surface area contributed by atoms with E-state index in [0.717, 1.165) is 31.5 Å². The van der Waals surface area contributed by atoms with E-state index in [1.54, 1.807) is 0 Å². The van der Waals surface area contributed by atoms with Crippen molar-refractivity contribution < 1.29 is 0 Å². The zero-order valence-electron chi connectivity index (χ0n) is 25.0. The lowest BCUT2D eigenvalue weighted by molar-refractivity contribution is 0.739. The number of allylic oxidation sites excluding steroid dienone is 1. The second-order valence-corrected chi connectivity index (χ2v) is 11.7. The molecule has 8 rings (SSSR count). The first-order chi connectivity index (χ1) is 21.8. The molecule has 2 heteroatoms. The van der Waals surface area contributed by atoms with Gasteiger partial charge in [-0.1, -0.05) is 122 Å². The van der Waals surface area contributed by atoms with Crippen LogP contribution in [0.15, 0.2) is 134 Å². The molecule has 0 spiro atoms. The number of aryl methyl sites for hydroxylation is 1. The minimum absolute atomic E-state index is 1.03. The maximum atomic E-state index is 4.97. The van der Waals surface area contributed by atoms with Crippen molar-refractivity contribution in [3.8, 4) is 33.5 Å². The van der Waals surface area contributed by atoms with Gasteiger partial charge < -0.3 is 5.32 Å². The first-order valence-electron chi connectivity index (χ1n) is 15.7. The van der Waals surface area contributed by atoms with Crippen LogP contribution in [-0.4, -0.2) is 11.5 Å². The molecule has 0 radical (unpaired) electrons. The molecule has 0 saturated heterocycles. The average molecular weight is 567 g/mol. The number of nitrogens with one attached hydrogen (secondary N) is 1. The normalized spacial score (nSPS) is 13.2. The molecule has 0 atom stereocenters. The van der Waals surface area contributed by atoms with Gasteiger partial charge in [0, 0.05) is 30.1 Å². The standard InChI is InChI=1S/C42H34N2/c1-2-28-19-21-29(22-20-28)40-34-14-5-7-16-36(34)41(37-17-8-6-15-35(37)40)38-23-24-39(33-13-4-3-12-32(33)38)42-31(18-10-26-44-42)30-11-9-25-43-27-30/h3-8,10,12-24,26-27,43H,2,9,11,25H2,1H3. The molecule has 7 aromatic rings. The molecule has 0 amide bonds. The Morgan fingerprint density at radius 1 is 0.568 bits per heavy atom. The first-order valence-corrected chi connectivity index (χ1v) is 15.7. The van der Waals surface area contributed by atoms with E-state index in [2.05, 4.69) is 140 Å². The van der Waals surface area contributed by atoms with Crippen molar-refractivity contribution in [2.75, 3.05) is 6.54 Å². The Morgan fingerprint density at radius 2 is 1.16 bits per heavy atom. The van der Waals surface area contributed by atoms with Crippen molar-refractivity contribution in [2.45, 2.75) is 26.2 Å². The molecule has 0 bridgehead atoms. The molecule has 0 fully saturated rings. The van der Waals surface area contributed by atoms with Crippen molar-refractivity contribution in [1.82, 2.24) is 10.3 Å². The Labute approximate surface area is 258 Å². The number of fused-ring (bicyclic) bond motifs is 3. The van der Waals surface area contributed by atoms with E-state index >= 15 is 0 Å². The summed E-state index contributed by atoms with van der Waals surface area (Å²) in [7, 11) is 0. The third-order valence-corrected chi connectivity index (χ3v) is 9.23. The summed E-state index contributed by atoms with van der Waals surface area (Å²) in [5.41, 5.74) is 11.2. The molecular formula is C42H34N2. The Bertz CT molecular complexity index is 2150. The first kappa shape index (κ1) is 26.4. The molecule has 0 unspecified atom stereocenters. The number of nitrogens with zero attached hydrogens (tertiary/aromatic N) is 1. The van der Waals surface area contributed by atoms with Crippen LogP contribution in [0.3, 0.4) is 0 Å². The van der Waals surface area contributed by atoms with E-state index in [9.17, 15) is 0 Å². The Kier molecular flexibility index (Phi) is 6.68. The summed E-state index contributed by atoms with van der Waals surface area (Å²) in [6.45, 7) is 3.24. The average Bonchev–Trinajstić information content (AvgIpc) is 3.11. The lowest BCUT2D eigenvalue weighted by Gasteiger charge is -2.21. The van der Waals surface area contributed by atoms with Gasteiger partial charge in [0.1, 0.15) is 0 Å². The summed E-state index contributed by atoms with van der Waals surface area (Å²) < 4.78 is 0. The molecule has 1 aromatic heterocycles. The smallest absolute Gasteiger partial charge is 0.0783 e. The highest BCUT2D eigenvalue weighted by Crippen LogP contribution is 2.46. The van der Waals surface area contributed by atoms with Crippen LogP contribution in [0.2, 0.25) is 0 Å². The summed E-state index contributed by atoms with van der Waals surface area (Å²) in [6.07, 6.45) is 7.34. The van der Waals surface area contributed by atoms with Gasteiger partial charge in [-0.15, -0.1) is 0 Å². The topological polar surface area (TPSA) is 24.9 Å². The predicted molar refractivity (Wildman–Crippen MR) is 188 cm³/mol. The van der Waals surface area contributed by atoms with Gasteiger partial charge in [-0.2, -0.15) is 0 Å². The Morgan fingerprint density at radius 3 is 1.77 bits per heavy atom. The molecule has 1 aliphatic heterocycles. The second-order valence-electron chi connectivity index (χ2n) is 11.7. The van der Waals surface area contributed by atoms with Crippen LogP contribution >= 0.6 is 0 Å². The minimum atomic E-state index is 1.03. The van der Waals surface area contributed by atoms with Crippen molar-refractivity contribution in [3.05, 3.63) is 145 Å². The zero-order chi connectivity index (χ0) is 29.5. The fourth-order valence-electron chi connectivity index (χ4n) is 7.10. The van der Waals surface area contributed by atoms with Gasteiger partial charge in [0.15, 0.2) is 0 Å². The third kappa shape index (κ3) is 4.37. The number of rotatable bonds is 5. The van der Waals surface area contributed by atoms with E-state index in [0.29, 0.717) is 0 Å².